The minimum absolute atomic E-state index is 0.141. The highest BCUT2D eigenvalue weighted by Crippen LogP contribution is 2.22. The van der Waals surface area contributed by atoms with E-state index in [4.69, 9.17) is 0 Å². The molecule has 0 radical (unpaired) electrons. The van der Waals surface area contributed by atoms with Crippen LogP contribution in [-0.4, -0.2) is 28.2 Å². The standard InChI is InChI=1S/C18H16F3N3O/c1-11-3-5-15(12(2)7-11)24-10-23-14-8-13(4-6-16(14)24)17(25)22-9-18(19,20)21/h3-8,10H,9H2,1-2H3,(H,22,25). The van der Waals surface area contributed by atoms with Crippen LogP contribution >= 0.6 is 0 Å². The summed E-state index contributed by atoms with van der Waals surface area (Å²) in [4.78, 5) is 16.1. The number of aromatic nitrogens is 2. The smallest absolute Gasteiger partial charge is 0.343 e. The first-order valence-electron chi connectivity index (χ1n) is 7.64. The van der Waals surface area contributed by atoms with Crippen LogP contribution in [-0.2, 0) is 0 Å². The van der Waals surface area contributed by atoms with Gasteiger partial charge in [0.1, 0.15) is 12.9 Å². The third-order valence-electron chi connectivity index (χ3n) is 3.87. The molecule has 3 aromatic rings. The maximum absolute atomic E-state index is 12.2. The van der Waals surface area contributed by atoms with Crippen LogP contribution in [0.15, 0.2) is 42.7 Å². The fourth-order valence-corrected chi connectivity index (χ4v) is 2.70. The van der Waals surface area contributed by atoms with Crippen LogP contribution < -0.4 is 5.32 Å². The molecule has 0 bridgehead atoms. The molecule has 0 unspecified atom stereocenters. The molecule has 0 saturated carbocycles. The fourth-order valence-electron chi connectivity index (χ4n) is 2.70. The summed E-state index contributed by atoms with van der Waals surface area (Å²) in [5.74, 6) is -0.778. The molecule has 0 spiro atoms. The van der Waals surface area contributed by atoms with Crippen molar-refractivity contribution in [1.29, 1.82) is 0 Å². The molecule has 0 aliphatic rings. The van der Waals surface area contributed by atoms with Crippen molar-refractivity contribution >= 4 is 16.9 Å². The second-order valence-electron chi connectivity index (χ2n) is 5.91. The maximum atomic E-state index is 12.2. The van der Waals surface area contributed by atoms with Crippen molar-refractivity contribution in [1.82, 2.24) is 14.9 Å². The predicted molar refractivity (Wildman–Crippen MR) is 88.9 cm³/mol. The summed E-state index contributed by atoms with van der Waals surface area (Å²) in [6.45, 7) is 2.64. The highest BCUT2D eigenvalue weighted by Gasteiger charge is 2.28. The molecule has 7 heteroatoms. The van der Waals surface area contributed by atoms with Gasteiger partial charge in [0.2, 0.25) is 0 Å². The van der Waals surface area contributed by atoms with E-state index in [2.05, 4.69) is 11.1 Å². The molecule has 0 aliphatic heterocycles. The zero-order valence-electron chi connectivity index (χ0n) is 13.7. The monoisotopic (exact) mass is 347 g/mol. The first-order chi connectivity index (χ1) is 11.7. The third kappa shape index (κ3) is 3.65. The molecule has 2 aromatic carbocycles. The van der Waals surface area contributed by atoms with Crippen molar-refractivity contribution in [3.8, 4) is 5.69 Å². The van der Waals surface area contributed by atoms with E-state index in [1.165, 1.54) is 12.1 Å². The lowest BCUT2D eigenvalue weighted by atomic mass is 10.1. The SMILES string of the molecule is Cc1ccc(-n2cnc3cc(C(=O)NCC(F)(F)F)ccc32)c(C)c1. The first-order valence-corrected chi connectivity index (χ1v) is 7.64. The van der Waals surface area contributed by atoms with E-state index in [0.717, 1.165) is 22.3 Å². The van der Waals surface area contributed by atoms with Crippen LogP contribution in [0.5, 0.6) is 0 Å². The number of alkyl halides is 3. The molecule has 25 heavy (non-hydrogen) atoms. The van der Waals surface area contributed by atoms with Gasteiger partial charge in [0.05, 0.1) is 16.7 Å². The first kappa shape index (κ1) is 17.0. The zero-order valence-corrected chi connectivity index (χ0v) is 13.7. The predicted octanol–water partition coefficient (Wildman–Crippen LogP) is 3.93. The summed E-state index contributed by atoms with van der Waals surface area (Å²) in [5.41, 5.74) is 4.64. The molecule has 0 aliphatic carbocycles. The second kappa shape index (κ2) is 6.23. The number of carbonyl (C=O) groups is 1. The number of fused-ring (bicyclic) bond motifs is 1. The van der Waals surface area contributed by atoms with Gasteiger partial charge in [-0.2, -0.15) is 13.2 Å². The summed E-state index contributed by atoms with van der Waals surface area (Å²) in [6.07, 6.45) is -2.80. The molecule has 0 atom stereocenters. The van der Waals surface area contributed by atoms with Crippen LogP contribution in [0.2, 0.25) is 0 Å². The molecule has 130 valence electrons. The number of imidazole rings is 1. The summed E-state index contributed by atoms with van der Waals surface area (Å²) in [7, 11) is 0. The summed E-state index contributed by atoms with van der Waals surface area (Å²) < 4.78 is 38.5. The van der Waals surface area contributed by atoms with E-state index in [1.807, 2.05) is 35.9 Å². The van der Waals surface area contributed by atoms with Gasteiger partial charge in [-0.1, -0.05) is 17.7 Å². The van der Waals surface area contributed by atoms with Gasteiger partial charge in [0.15, 0.2) is 0 Å². The Morgan fingerprint density at radius 1 is 1.16 bits per heavy atom. The van der Waals surface area contributed by atoms with Crippen molar-refractivity contribution in [3.05, 3.63) is 59.4 Å². The number of nitrogens with one attached hydrogen (secondary N) is 1. The number of halogens is 3. The average molecular weight is 347 g/mol. The molecule has 0 saturated heterocycles. The van der Waals surface area contributed by atoms with Crippen molar-refractivity contribution in [2.75, 3.05) is 6.54 Å². The van der Waals surface area contributed by atoms with Gasteiger partial charge in [-0.25, -0.2) is 4.98 Å². The Kier molecular flexibility index (Phi) is 4.24. The van der Waals surface area contributed by atoms with E-state index in [0.29, 0.717) is 5.52 Å². The van der Waals surface area contributed by atoms with Crippen molar-refractivity contribution < 1.29 is 18.0 Å². The topological polar surface area (TPSA) is 46.9 Å². The lowest BCUT2D eigenvalue weighted by Crippen LogP contribution is -2.33. The van der Waals surface area contributed by atoms with Crippen LogP contribution in [0.3, 0.4) is 0 Å². The van der Waals surface area contributed by atoms with Gasteiger partial charge in [0.25, 0.3) is 5.91 Å². The number of hydrogen-bond acceptors (Lipinski definition) is 2. The van der Waals surface area contributed by atoms with E-state index in [1.54, 1.807) is 12.4 Å². The van der Waals surface area contributed by atoms with Crippen molar-refractivity contribution in [3.63, 3.8) is 0 Å². The van der Waals surface area contributed by atoms with Gasteiger partial charge >= 0.3 is 6.18 Å². The highest BCUT2D eigenvalue weighted by molar-refractivity contribution is 5.97. The van der Waals surface area contributed by atoms with Gasteiger partial charge < -0.3 is 5.32 Å². The number of nitrogens with zero attached hydrogens (tertiary/aromatic N) is 2. The second-order valence-corrected chi connectivity index (χ2v) is 5.91. The summed E-state index contributed by atoms with van der Waals surface area (Å²) in [6, 6.07) is 10.7. The average Bonchev–Trinajstić information content (AvgIpc) is 2.95. The van der Waals surface area contributed by atoms with Crippen molar-refractivity contribution in [2.24, 2.45) is 0 Å². The molecule has 1 heterocycles. The Labute approximate surface area is 142 Å². The van der Waals surface area contributed by atoms with Gasteiger partial charge in [-0.15, -0.1) is 0 Å². The molecule has 0 fully saturated rings. The van der Waals surface area contributed by atoms with E-state index in [-0.39, 0.29) is 5.56 Å². The number of rotatable bonds is 3. The largest absolute Gasteiger partial charge is 0.405 e. The Balaban J connectivity index is 1.92. The highest BCUT2D eigenvalue weighted by atomic mass is 19.4. The number of hydrogen-bond donors (Lipinski definition) is 1. The lowest BCUT2D eigenvalue weighted by molar-refractivity contribution is -0.123. The maximum Gasteiger partial charge on any atom is 0.405 e. The van der Waals surface area contributed by atoms with Gasteiger partial charge in [-0.05, 0) is 43.7 Å². The lowest BCUT2D eigenvalue weighted by Gasteiger charge is -2.10. The van der Waals surface area contributed by atoms with Gasteiger partial charge in [0, 0.05) is 5.56 Å². The van der Waals surface area contributed by atoms with Crippen LogP contribution in [0.4, 0.5) is 13.2 Å². The summed E-state index contributed by atoms with van der Waals surface area (Å²) >= 11 is 0. The van der Waals surface area contributed by atoms with Crippen LogP contribution in [0.1, 0.15) is 21.5 Å². The number of aryl methyl sites for hydroxylation is 2. The van der Waals surface area contributed by atoms with E-state index in [9.17, 15) is 18.0 Å². The molecule has 4 nitrogen and oxygen atoms in total. The number of benzene rings is 2. The zero-order chi connectivity index (χ0) is 18.2. The molecule has 1 amide bonds. The third-order valence-corrected chi connectivity index (χ3v) is 3.87. The fraction of sp³-hybridized carbons (Fsp3) is 0.222. The molecule has 1 aromatic heterocycles. The quantitative estimate of drug-likeness (QED) is 0.780. The van der Waals surface area contributed by atoms with Crippen molar-refractivity contribution in [2.45, 2.75) is 20.0 Å². The minimum Gasteiger partial charge on any atom is -0.343 e. The number of amides is 1. The summed E-state index contributed by atoms with van der Waals surface area (Å²) in [5, 5.41) is 1.86. The normalized spacial score (nSPS) is 11.7. The Morgan fingerprint density at radius 2 is 1.92 bits per heavy atom. The van der Waals surface area contributed by atoms with Crippen LogP contribution in [0, 0.1) is 13.8 Å². The number of carbonyl (C=O) groups excluding carboxylic acids is 1. The Morgan fingerprint density at radius 3 is 2.60 bits per heavy atom. The molecule has 3 rings (SSSR count). The van der Waals surface area contributed by atoms with Crippen LogP contribution in [0.25, 0.3) is 16.7 Å². The molecular weight excluding hydrogens is 331 g/mol. The van der Waals surface area contributed by atoms with E-state index < -0.39 is 18.6 Å². The van der Waals surface area contributed by atoms with E-state index >= 15 is 0 Å². The Hall–Kier alpha value is -2.83. The minimum atomic E-state index is -4.44. The molecular formula is C18H16F3N3O. The molecule has 1 N–H and O–H groups in total. The van der Waals surface area contributed by atoms with Gasteiger partial charge in [-0.3, -0.25) is 9.36 Å². The Bertz CT molecular complexity index is 944.